The fourth-order valence-electron chi connectivity index (χ4n) is 2.06. The number of carbonyl (C=O) groups is 2. The highest BCUT2D eigenvalue weighted by Gasteiger charge is 2.36. The quantitative estimate of drug-likeness (QED) is 0.864. The highest BCUT2D eigenvalue weighted by molar-refractivity contribution is 5.82. The summed E-state index contributed by atoms with van der Waals surface area (Å²) in [6.45, 7) is 0.386. The number of likely N-dealkylation sites (N-methyl/N-ethyl adjacent to an activating group) is 1. The van der Waals surface area contributed by atoms with Crippen molar-refractivity contribution in [2.75, 3.05) is 7.05 Å². The number of ether oxygens (including phenoxy) is 1. The zero-order valence-corrected chi connectivity index (χ0v) is 10.7. The molecule has 1 aliphatic rings. The van der Waals surface area contributed by atoms with Gasteiger partial charge in [0.25, 0.3) is 5.91 Å². The Labute approximate surface area is 111 Å². The Morgan fingerprint density at radius 2 is 2.16 bits per heavy atom. The smallest absolute Gasteiger partial charge is 0.332 e. The number of amides is 1. The zero-order valence-electron chi connectivity index (χ0n) is 10.7. The summed E-state index contributed by atoms with van der Waals surface area (Å²) in [5.41, 5.74) is 0.783. The van der Waals surface area contributed by atoms with Crippen LogP contribution in [0, 0.1) is 0 Å². The molecule has 0 spiro atoms. The Morgan fingerprint density at radius 1 is 1.42 bits per heavy atom. The van der Waals surface area contributed by atoms with Crippen molar-refractivity contribution in [3.8, 4) is 0 Å². The number of rotatable bonds is 4. The minimum absolute atomic E-state index is 0.200. The lowest BCUT2D eigenvalue weighted by Gasteiger charge is -2.20. The summed E-state index contributed by atoms with van der Waals surface area (Å²) in [5, 5.41) is 8.83. The maximum Gasteiger partial charge on any atom is 0.332 e. The molecule has 1 aromatic heterocycles. The number of hydrogen-bond donors (Lipinski definition) is 1. The van der Waals surface area contributed by atoms with Gasteiger partial charge in [0.05, 0.1) is 12.2 Å². The molecule has 0 aliphatic carbocycles. The maximum atomic E-state index is 12.1. The van der Waals surface area contributed by atoms with E-state index in [1.165, 1.54) is 4.90 Å². The number of hydrogen-bond acceptors (Lipinski definition) is 4. The van der Waals surface area contributed by atoms with Crippen LogP contribution < -0.4 is 0 Å². The lowest BCUT2D eigenvalue weighted by molar-refractivity contribution is -0.154. The second-order valence-corrected chi connectivity index (χ2v) is 4.54. The average molecular weight is 264 g/mol. The Morgan fingerprint density at radius 3 is 2.74 bits per heavy atom. The highest BCUT2D eigenvalue weighted by atomic mass is 16.5. The molecule has 0 saturated carbocycles. The molecule has 1 amide bonds. The van der Waals surface area contributed by atoms with Gasteiger partial charge in [-0.2, -0.15) is 0 Å². The SMILES string of the molecule is CN(Cc1ccccn1)C(=O)C1CCC(C(=O)O)O1. The lowest BCUT2D eigenvalue weighted by Crippen LogP contribution is -2.37. The predicted octanol–water partition coefficient (Wildman–Crippen LogP) is 0.672. The number of aromatic nitrogens is 1. The Bertz CT molecular complexity index is 463. The van der Waals surface area contributed by atoms with E-state index in [9.17, 15) is 9.59 Å². The molecule has 0 bridgehead atoms. The van der Waals surface area contributed by atoms with Gasteiger partial charge in [-0.3, -0.25) is 9.78 Å². The largest absolute Gasteiger partial charge is 0.479 e. The number of nitrogens with zero attached hydrogens (tertiary/aromatic N) is 2. The fraction of sp³-hybridized carbons (Fsp3) is 0.462. The highest BCUT2D eigenvalue weighted by Crippen LogP contribution is 2.21. The van der Waals surface area contributed by atoms with Crippen molar-refractivity contribution in [1.29, 1.82) is 0 Å². The van der Waals surface area contributed by atoms with Crippen molar-refractivity contribution in [2.45, 2.75) is 31.6 Å². The predicted molar refractivity (Wildman–Crippen MR) is 66.2 cm³/mol. The second kappa shape index (κ2) is 5.79. The van der Waals surface area contributed by atoms with Gasteiger partial charge in [-0.05, 0) is 25.0 Å². The van der Waals surface area contributed by atoms with E-state index in [1.54, 1.807) is 13.2 Å². The molecule has 6 heteroatoms. The summed E-state index contributed by atoms with van der Waals surface area (Å²) in [4.78, 5) is 28.5. The molecule has 2 heterocycles. The first-order valence-corrected chi connectivity index (χ1v) is 6.11. The number of carbonyl (C=O) groups excluding carboxylic acids is 1. The molecule has 19 heavy (non-hydrogen) atoms. The molecule has 102 valence electrons. The number of aliphatic carboxylic acids is 1. The maximum absolute atomic E-state index is 12.1. The molecule has 0 radical (unpaired) electrons. The normalized spacial score (nSPS) is 22.2. The van der Waals surface area contributed by atoms with Crippen molar-refractivity contribution < 1.29 is 19.4 Å². The molecule has 1 saturated heterocycles. The summed E-state index contributed by atoms with van der Waals surface area (Å²) < 4.78 is 5.23. The molecular formula is C13H16N2O4. The van der Waals surface area contributed by atoms with Crippen LogP contribution in [0.2, 0.25) is 0 Å². The summed E-state index contributed by atoms with van der Waals surface area (Å²) in [6, 6.07) is 5.50. The van der Waals surface area contributed by atoms with Crippen LogP contribution >= 0.6 is 0 Å². The van der Waals surface area contributed by atoms with E-state index >= 15 is 0 Å². The monoisotopic (exact) mass is 264 g/mol. The van der Waals surface area contributed by atoms with Crippen LogP contribution in [0.4, 0.5) is 0 Å². The van der Waals surface area contributed by atoms with E-state index in [4.69, 9.17) is 9.84 Å². The van der Waals surface area contributed by atoms with Gasteiger partial charge in [-0.1, -0.05) is 6.07 Å². The number of pyridine rings is 1. The summed E-state index contributed by atoms with van der Waals surface area (Å²) in [6.07, 6.45) is 0.970. The molecule has 1 aromatic rings. The Kier molecular flexibility index (Phi) is 4.11. The van der Waals surface area contributed by atoms with Gasteiger partial charge in [0.1, 0.15) is 6.10 Å². The third-order valence-electron chi connectivity index (χ3n) is 3.07. The van der Waals surface area contributed by atoms with Crippen LogP contribution in [0.3, 0.4) is 0 Å². The van der Waals surface area contributed by atoms with Gasteiger partial charge in [-0.25, -0.2) is 4.79 Å². The second-order valence-electron chi connectivity index (χ2n) is 4.54. The minimum atomic E-state index is -1.01. The van der Waals surface area contributed by atoms with Gasteiger partial charge in [0.15, 0.2) is 6.10 Å². The van der Waals surface area contributed by atoms with Crippen LogP contribution in [0.25, 0.3) is 0 Å². The van der Waals surface area contributed by atoms with Gasteiger partial charge < -0.3 is 14.7 Å². The first kappa shape index (κ1) is 13.5. The Balaban J connectivity index is 1.91. The Hall–Kier alpha value is -1.95. The molecular weight excluding hydrogens is 248 g/mol. The van der Waals surface area contributed by atoms with E-state index < -0.39 is 18.2 Å². The molecule has 6 nitrogen and oxygen atoms in total. The van der Waals surface area contributed by atoms with E-state index in [0.717, 1.165) is 5.69 Å². The van der Waals surface area contributed by atoms with Gasteiger partial charge >= 0.3 is 5.97 Å². The fourth-order valence-corrected chi connectivity index (χ4v) is 2.06. The van der Waals surface area contributed by atoms with Crippen molar-refractivity contribution in [3.63, 3.8) is 0 Å². The molecule has 2 atom stereocenters. The summed E-state index contributed by atoms with van der Waals surface area (Å²) in [7, 11) is 1.66. The van der Waals surface area contributed by atoms with E-state index in [-0.39, 0.29) is 5.91 Å². The van der Waals surface area contributed by atoms with E-state index in [0.29, 0.717) is 19.4 Å². The van der Waals surface area contributed by atoms with Crippen LogP contribution in [0.15, 0.2) is 24.4 Å². The molecule has 1 fully saturated rings. The number of carboxylic acid groups (broad SMARTS) is 1. The van der Waals surface area contributed by atoms with Crippen molar-refractivity contribution in [2.24, 2.45) is 0 Å². The van der Waals surface area contributed by atoms with Crippen molar-refractivity contribution in [1.82, 2.24) is 9.88 Å². The van der Waals surface area contributed by atoms with Crippen LogP contribution in [-0.2, 0) is 20.9 Å². The number of carboxylic acids is 1. The first-order chi connectivity index (χ1) is 9.08. The zero-order chi connectivity index (χ0) is 13.8. The molecule has 1 N–H and O–H groups in total. The topological polar surface area (TPSA) is 79.7 Å². The van der Waals surface area contributed by atoms with Crippen molar-refractivity contribution >= 4 is 11.9 Å². The molecule has 2 rings (SSSR count). The lowest BCUT2D eigenvalue weighted by atomic mass is 10.2. The molecule has 1 aliphatic heterocycles. The van der Waals surface area contributed by atoms with Crippen molar-refractivity contribution in [3.05, 3.63) is 30.1 Å². The minimum Gasteiger partial charge on any atom is -0.479 e. The molecule has 2 unspecified atom stereocenters. The van der Waals surface area contributed by atoms with Gasteiger partial charge in [0, 0.05) is 13.2 Å². The third kappa shape index (κ3) is 3.29. The van der Waals surface area contributed by atoms with Crippen LogP contribution in [-0.4, -0.2) is 46.1 Å². The summed E-state index contributed by atoms with van der Waals surface area (Å²) >= 11 is 0. The average Bonchev–Trinajstić information content (AvgIpc) is 2.88. The van der Waals surface area contributed by atoms with E-state index in [2.05, 4.69) is 4.98 Å². The standard InChI is InChI=1S/C13H16N2O4/c1-15(8-9-4-2-3-7-14-9)12(16)10-5-6-11(19-10)13(17)18/h2-4,7,10-11H,5-6,8H2,1H3,(H,17,18). The third-order valence-corrected chi connectivity index (χ3v) is 3.07. The first-order valence-electron chi connectivity index (χ1n) is 6.11. The van der Waals surface area contributed by atoms with Crippen LogP contribution in [0.1, 0.15) is 18.5 Å². The summed E-state index contributed by atoms with van der Waals surface area (Å²) in [5.74, 6) is -1.21. The molecule has 0 aromatic carbocycles. The van der Waals surface area contributed by atoms with E-state index in [1.807, 2.05) is 18.2 Å². The van der Waals surface area contributed by atoms with Gasteiger partial charge in [-0.15, -0.1) is 0 Å². The van der Waals surface area contributed by atoms with Crippen LogP contribution in [0.5, 0.6) is 0 Å². The van der Waals surface area contributed by atoms with Gasteiger partial charge in [0.2, 0.25) is 0 Å².